The zero-order valence-corrected chi connectivity index (χ0v) is 11.0. The van der Waals surface area contributed by atoms with Crippen molar-refractivity contribution in [1.29, 1.82) is 0 Å². The number of aromatic nitrogens is 2. The molecule has 0 aliphatic heterocycles. The Bertz CT molecular complexity index is 770. The first-order valence-corrected chi connectivity index (χ1v) is 6.26. The Kier molecular flexibility index (Phi) is 3.54. The summed E-state index contributed by atoms with van der Waals surface area (Å²) in [7, 11) is 0. The van der Waals surface area contributed by atoms with Crippen molar-refractivity contribution in [1.82, 2.24) is 10.1 Å². The number of halogens is 3. The highest BCUT2D eigenvalue weighted by atomic mass is 19.4. The minimum atomic E-state index is -4.66. The van der Waals surface area contributed by atoms with Gasteiger partial charge in [-0.25, -0.2) is 0 Å². The molecule has 0 radical (unpaired) electrons. The molecule has 0 spiro atoms. The molecule has 0 saturated heterocycles. The molecular weight excluding hydrogens is 297 g/mol. The topological polar surface area (TPSA) is 48.2 Å². The summed E-state index contributed by atoms with van der Waals surface area (Å²) in [6.45, 7) is 0. The molecule has 1 aromatic heterocycles. The van der Waals surface area contributed by atoms with Crippen molar-refractivity contribution in [3.8, 4) is 22.9 Å². The maximum absolute atomic E-state index is 12.5. The van der Waals surface area contributed by atoms with Gasteiger partial charge in [0.05, 0.1) is 0 Å². The van der Waals surface area contributed by atoms with Crippen LogP contribution in [0.2, 0.25) is 0 Å². The average Bonchev–Trinajstić information content (AvgIpc) is 2.99. The van der Waals surface area contributed by atoms with Crippen LogP contribution in [0.3, 0.4) is 0 Å². The van der Waals surface area contributed by atoms with Crippen LogP contribution in [-0.2, 0) is 6.18 Å². The number of alkyl halides is 3. The van der Waals surface area contributed by atoms with E-state index in [0.29, 0.717) is 17.1 Å². The molecule has 112 valence electrons. The van der Waals surface area contributed by atoms with Gasteiger partial charge >= 0.3 is 12.1 Å². The molecule has 22 heavy (non-hydrogen) atoms. The average molecular weight is 306 g/mol. The van der Waals surface area contributed by atoms with E-state index in [2.05, 4.69) is 14.7 Å². The van der Waals surface area contributed by atoms with E-state index in [0.717, 1.165) is 0 Å². The molecule has 0 fully saturated rings. The Morgan fingerprint density at radius 1 is 0.909 bits per heavy atom. The van der Waals surface area contributed by atoms with Gasteiger partial charge in [0.15, 0.2) is 0 Å². The van der Waals surface area contributed by atoms with Crippen LogP contribution in [0.4, 0.5) is 13.2 Å². The summed E-state index contributed by atoms with van der Waals surface area (Å²) in [6.07, 6.45) is -4.66. The molecule has 0 N–H and O–H groups in total. The maximum Gasteiger partial charge on any atom is 0.471 e. The number of para-hydroxylation sites is 1. The number of ether oxygens (including phenoxy) is 1. The Morgan fingerprint density at radius 2 is 1.64 bits per heavy atom. The predicted molar refractivity (Wildman–Crippen MR) is 71.3 cm³/mol. The smallest absolute Gasteiger partial charge is 0.457 e. The van der Waals surface area contributed by atoms with Crippen LogP contribution in [0, 0.1) is 0 Å². The van der Waals surface area contributed by atoms with Crippen molar-refractivity contribution in [3.63, 3.8) is 0 Å². The third-order valence-corrected chi connectivity index (χ3v) is 2.74. The molecule has 0 unspecified atom stereocenters. The molecule has 0 aliphatic carbocycles. The summed E-state index contributed by atoms with van der Waals surface area (Å²) in [5.74, 6) is -0.450. The molecule has 0 saturated carbocycles. The number of hydrogen-bond acceptors (Lipinski definition) is 4. The number of rotatable bonds is 3. The molecule has 0 amide bonds. The lowest BCUT2D eigenvalue weighted by Crippen LogP contribution is -2.04. The van der Waals surface area contributed by atoms with Crippen molar-refractivity contribution >= 4 is 0 Å². The first kappa shape index (κ1) is 14.1. The Labute approximate surface area is 123 Å². The molecule has 4 nitrogen and oxygen atoms in total. The van der Waals surface area contributed by atoms with E-state index >= 15 is 0 Å². The van der Waals surface area contributed by atoms with Crippen LogP contribution >= 0.6 is 0 Å². The summed E-state index contributed by atoms with van der Waals surface area (Å²) in [4.78, 5) is 3.34. The van der Waals surface area contributed by atoms with Gasteiger partial charge in [0.1, 0.15) is 11.5 Å². The summed E-state index contributed by atoms with van der Waals surface area (Å²) in [5, 5.41) is 3.34. The Morgan fingerprint density at radius 3 is 2.32 bits per heavy atom. The van der Waals surface area contributed by atoms with Crippen LogP contribution < -0.4 is 4.74 Å². The third-order valence-electron chi connectivity index (χ3n) is 2.74. The largest absolute Gasteiger partial charge is 0.471 e. The molecule has 0 bridgehead atoms. The third kappa shape index (κ3) is 3.08. The Balaban J connectivity index is 1.86. The van der Waals surface area contributed by atoms with Gasteiger partial charge in [-0.05, 0) is 24.3 Å². The monoisotopic (exact) mass is 306 g/mol. The van der Waals surface area contributed by atoms with Crippen molar-refractivity contribution in [2.45, 2.75) is 6.18 Å². The predicted octanol–water partition coefficient (Wildman–Crippen LogP) is 4.55. The fourth-order valence-corrected chi connectivity index (χ4v) is 1.78. The highest BCUT2D eigenvalue weighted by molar-refractivity contribution is 5.57. The van der Waals surface area contributed by atoms with Crippen LogP contribution in [0.1, 0.15) is 5.89 Å². The summed E-state index contributed by atoms with van der Waals surface area (Å²) in [6, 6.07) is 15.4. The lowest BCUT2D eigenvalue weighted by Gasteiger charge is -2.05. The van der Waals surface area contributed by atoms with Crippen molar-refractivity contribution < 1.29 is 22.4 Å². The van der Waals surface area contributed by atoms with E-state index in [1.807, 2.05) is 18.2 Å². The van der Waals surface area contributed by atoms with Crippen molar-refractivity contribution in [3.05, 3.63) is 60.5 Å². The van der Waals surface area contributed by atoms with Crippen LogP contribution in [0.15, 0.2) is 59.1 Å². The van der Waals surface area contributed by atoms with Gasteiger partial charge < -0.3 is 9.26 Å². The maximum atomic E-state index is 12.5. The molecule has 7 heteroatoms. The standard InChI is InChI=1S/C15H9F3N2O2/c16-15(17,18)14-19-13(20-22-14)10-5-4-8-12(9-10)21-11-6-2-1-3-7-11/h1-9H. The molecule has 0 aliphatic rings. The highest BCUT2D eigenvalue weighted by Crippen LogP contribution is 2.30. The second kappa shape index (κ2) is 5.51. The number of nitrogens with zero attached hydrogens (tertiary/aromatic N) is 2. The fourth-order valence-electron chi connectivity index (χ4n) is 1.78. The van der Waals surface area contributed by atoms with E-state index in [9.17, 15) is 13.2 Å². The minimum absolute atomic E-state index is 0.147. The SMILES string of the molecule is FC(F)(F)c1nc(-c2cccc(Oc3ccccc3)c2)no1. The summed E-state index contributed by atoms with van der Waals surface area (Å²) >= 11 is 0. The van der Waals surface area contributed by atoms with Gasteiger partial charge in [-0.1, -0.05) is 35.5 Å². The first-order chi connectivity index (χ1) is 10.5. The van der Waals surface area contributed by atoms with Gasteiger partial charge in [-0.15, -0.1) is 0 Å². The van der Waals surface area contributed by atoms with Crippen LogP contribution in [-0.4, -0.2) is 10.1 Å². The molecule has 2 aromatic carbocycles. The van der Waals surface area contributed by atoms with Gasteiger partial charge in [0, 0.05) is 5.56 Å². The van der Waals surface area contributed by atoms with Gasteiger partial charge in [0.25, 0.3) is 0 Å². The first-order valence-electron chi connectivity index (χ1n) is 6.26. The van der Waals surface area contributed by atoms with Gasteiger partial charge in [-0.3, -0.25) is 0 Å². The van der Waals surface area contributed by atoms with Crippen LogP contribution in [0.25, 0.3) is 11.4 Å². The normalized spacial score (nSPS) is 11.4. The molecule has 0 atom stereocenters. The zero-order chi connectivity index (χ0) is 15.6. The van der Waals surface area contributed by atoms with E-state index in [1.165, 1.54) is 6.07 Å². The van der Waals surface area contributed by atoms with Crippen molar-refractivity contribution in [2.24, 2.45) is 0 Å². The number of hydrogen-bond donors (Lipinski definition) is 0. The highest BCUT2D eigenvalue weighted by Gasteiger charge is 2.38. The van der Waals surface area contributed by atoms with E-state index in [1.54, 1.807) is 30.3 Å². The second-order valence-electron chi connectivity index (χ2n) is 4.36. The van der Waals surface area contributed by atoms with Crippen molar-refractivity contribution in [2.75, 3.05) is 0 Å². The number of benzene rings is 2. The minimum Gasteiger partial charge on any atom is -0.457 e. The zero-order valence-electron chi connectivity index (χ0n) is 11.0. The summed E-state index contributed by atoms with van der Waals surface area (Å²) < 4.78 is 47.2. The van der Waals surface area contributed by atoms with Gasteiger partial charge in [-0.2, -0.15) is 18.2 Å². The molecule has 3 rings (SSSR count). The molecular formula is C15H9F3N2O2. The molecule has 3 aromatic rings. The molecule has 1 heterocycles. The second-order valence-corrected chi connectivity index (χ2v) is 4.36. The summed E-state index contributed by atoms with van der Waals surface area (Å²) in [5.41, 5.74) is 0.368. The quantitative estimate of drug-likeness (QED) is 0.712. The Hall–Kier alpha value is -2.83. The van der Waals surface area contributed by atoms with E-state index in [4.69, 9.17) is 4.74 Å². The van der Waals surface area contributed by atoms with Gasteiger partial charge in [0.2, 0.25) is 5.82 Å². The lowest BCUT2D eigenvalue weighted by atomic mass is 10.2. The lowest BCUT2D eigenvalue weighted by molar-refractivity contribution is -0.159. The van der Waals surface area contributed by atoms with E-state index in [-0.39, 0.29) is 5.82 Å². The fraction of sp³-hybridized carbons (Fsp3) is 0.0667. The van der Waals surface area contributed by atoms with Crippen LogP contribution in [0.5, 0.6) is 11.5 Å². The van der Waals surface area contributed by atoms with E-state index < -0.39 is 12.1 Å².